The zero-order chi connectivity index (χ0) is 34.5. The van der Waals surface area contributed by atoms with E-state index in [-0.39, 0.29) is 81.3 Å². The highest BCUT2D eigenvalue weighted by Crippen LogP contribution is 2.37. The maximum atomic E-state index is 12.8. The lowest BCUT2D eigenvalue weighted by Gasteiger charge is -2.39. The van der Waals surface area contributed by atoms with E-state index in [1.54, 1.807) is 31.6 Å². The Balaban J connectivity index is 1.10. The molecule has 17 heteroatoms. The fourth-order valence-electron chi connectivity index (χ4n) is 5.83. The lowest BCUT2D eigenvalue weighted by Crippen LogP contribution is -2.60. The van der Waals surface area contributed by atoms with E-state index in [0.717, 1.165) is 11.1 Å². The number of aromatic nitrogens is 3. The molecule has 1 atom stereocenters. The number of carbonyl (C=O) groups excluding carboxylic acids is 5. The summed E-state index contributed by atoms with van der Waals surface area (Å²) in [6.45, 7) is 0.458. The van der Waals surface area contributed by atoms with Crippen molar-refractivity contribution in [3.05, 3.63) is 40.4 Å². The van der Waals surface area contributed by atoms with E-state index < -0.39 is 11.9 Å². The van der Waals surface area contributed by atoms with Gasteiger partial charge in [0, 0.05) is 56.7 Å². The molecular formula is C31H36IN7O9. The van der Waals surface area contributed by atoms with E-state index in [1.165, 1.54) is 31.7 Å². The number of nitrogens with one attached hydrogen (secondary N) is 2. The molecule has 0 radical (unpaired) electrons. The van der Waals surface area contributed by atoms with Crippen molar-refractivity contribution >= 4 is 63.3 Å². The van der Waals surface area contributed by atoms with E-state index in [0.29, 0.717) is 40.9 Å². The Labute approximate surface area is 289 Å². The van der Waals surface area contributed by atoms with E-state index in [9.17, 15) is 28.8 Å². The van der Waals surface area contributed by atoms with Gasteiger partial charge in [-0.25, -0.2) is 0 Å². The molecule has 2 N–H and O–H groups in total. The first-order chi connectivity index (χ1) is 23.0. The molecule has 1 aromatic carbocycles. The lowest BCUT2D eigenvalue weighted by molar-refractivity contribution is -0.152. The van der Waals surface area contributed by atoms with Crippen molar-refractivity contribution in [2.75, 3.05) is 47.0 Å². The van der Waals surface area contributed by atoms with Gasteiger partial charge in [0.25, 0.3) is 11.5 Å². The van der Waals surface area contributed by atoms with Crippen LogP contribution in [0.1, 0.15) is 31.2 Å². The number of aryl methyl sites for hydroxylation is 1. The van der Waals surface area contributed by atoms with E-state index in [4.69, 9.17) is 14.2 Å². The second kappa shape index (κ2) is 15.1. The van der Waals surface area contributed by atoms with Crippen LogP contribution in [-0.4, -0.2) is 110 Å². The van der Waals surface area contributed by atoms with Gasteiger partial charge in [-0.3, -0.25) is 42.3 Å². The van der Waals surface area contributed by atoms with Crippen LogP contribution in [-0.2, 0) is 42.4 Å². The van der Waals surface area contributed by atoms with Gasteiger partial charge in [0.05, 0.1) is 62.0 Å². The van der Waals surface area contributed by atoms with Gasteiger partial charge >= 0.3 is 0 Å². The Morgan fingerprint density at radius 2 is 1.83 bits per heavy atom. The molecule has 2 saturated heterocycles. The van der Waals surface area contributed by atoms with Gasteiger partial charge in [-0.2, -0.15) is 5.10 Å². The predicted octanol–water partition coefficient (Wildman–Crippen LogP) is 0.897. The number of methoxy groups -OCH3 is 2. The minimum Gasteiger partial charge on any atom is -0.496 e. The standard InChI is InChI=1S/C31H36IN7O9/c1-36-14-20(19-13-33-35-29(19)31(36)45)18-11-23(46-2)21(24(12-18)47-3)16-48-17-28(43)39(32)8-4-5-26(41)37-9-10-38(27(42)15-37)22-6-7-25(40)34-30(22)44/h11-14,22H,4-10,15-17H2,1-3H3,(H,33,35)(H,34,40,44). The third kappa shape index (κ3) is 7.46. The number of H-pyrrole nitrogens is 1. The fraction of sp³-hybridized carbons (Fsp3) is 0.452. The van der Waals surface area contributed by atoms with E-state index >= 15 is 0 Å². The average molecular weight is 778 g/mol. The highest BCUT2D eigenvalue weighted by atomic mass is 127. The van der Waals surface area contributed by atoms with E-state index in [1.807, 2.05) is 22.9 Å². The minimum atomic E-state index is -0.699. The van der Waals surface area contributed by atoms with Crippen molar-refractivity contribution < 1.29 is 38.2 Å². The number of carbonyl (C=O) groups is 5. The molecule has 2 aliphatic heterocycles. The van der Waals surface area contributed by atoms with Crippen LogP contribution in [0.25, 0.3) is 22.0 Å². The molecule has 48 heavy (non-hydrogen) atoms. The molecule has 5 rings (SSSR count). The summed E-state index contributed by atoms with van der Waals surface area (Å²) in [5, 5.41) is 9.69. The minimum absolute atomic E-state index is 0.0224. The molecule has 256 valence electrons. The largest absolute Gasteiger partial charge is 0.496 e. The number of pyridine rings is 1. The molecule has 3 aromatic rings. The number of imide groups is 1. The SMILES string of the molecule is COc1cc(-c2cn(C)c(=O)c3[nH]ncc23)cc(OC)c1COCC(=O)N(I)CCCC(=O)N1CCN(C2CCC(=O)NC2=O)C(=O)C1. The normalized spacial score (nSPS) is 16.7. The summed E-state index contributed by atoms with van der Waals surface area (Å²) in [5.74, 6) is -0.730. The summed E-state index contributed by atoms with van der Waals surface area (Å²) in [6, 6.07) is 2.91. The summed E-state index contributed by atoms with van der Waals surface area (Å²) in [7, 11) is 4.69. The Bertz CT molecular complexity index is 1780. The third-order valence-corrected chi connectivity index (χ3v) is 9.41. The topological polar surface area (TPSA) is 185 Å². The number of hydrogen-bond acceptors (Lipinski definition) is 10. The monoisotopic (exact) mass is 777 g/mol. The molecule has 5 amide bonds. The zero-order valence-electron chi connectivity index (χ0n) is 26.7. The predicted molar refractivity (Wildman–Crippen MR) is 179 cm³/mol. The number of halogens is 1. The number of hydrogen-bond donors (Lipinski definition) is 2. The van der Waals surface area contributed by atoms with Gasteiger partial charge in [0.2, 0.25) is 23.6 Å². The lowest BCUT2D eigenvalue weighted by atomic mass is 10.0. The molecule has 2 aromatic heterocycles. The van der Waals surface area contributed by atoms with Crippen molar-refractivity contribution in [1.82, 2.24) is 33.0 Å². The van der Waals surface area contributed by atoms with Crippen LogP contribution < -0.4 is 20.3 Å². The van der Waals surface area contributed by atoms with Crippen LogP contribution in [0, 0.1) is 0 Å². The smallest absolute Gasteiger partial charge is 0.276 e. The van der Waals surface area contributed by atoms with Gasteiger partial charge in [0.15, 0.2) is 0 Å². The van der Waals surface area contributed by atoms with Crippen LogP contribution in [0.5, 0.6) is 11.5 Å². The number of benzene rings is 1. The highest BCUT2D eigenvalue weighted by molar-refractivity contribution is 14.1. The molecule has 0 saturated carbocycles. The van der Waals surface area contributed by atoms with Crippen LogP contribution in [0.4, 0.5) is 0 Å². The zero-order valence-corrected chi connectivity index (χ0v) is 28.9. The number of fused-ring (bicyclic) bond motifs is 1. The molecular weight excluding hydrogens is 741 g/mol. The summed E-state index contributed by atoms with van der Waals surface area (Å²) in [6.07, 6.45) is 4.27. The van der Waals surface area contributed by atoms with Crippen LogP contribution in [0.2, 0.25) is 0 Å². The third-order valence-electron chi connectivity index (χ3n) is 8.39. The molecule has 0 aliphatic carbocycles. The summed E-state index contributed by atoms with van der Waals surface area (Å²) < 4.78 is 20.0. The maximum Gasteiger partial charge on any atom is 0.276 e. The summed E-state index contributed by atoms with van der Waals surface area (Å²) in [5.41, 5.74) is 2.27. The van der Waals surface area contributed by atoms with Gasteiger partial charge in [-0.1, -0.05) is 0 Å². The number of aromatic amines is 1. The van der Waals surface area contributed by atoms with Crippen LogP contribution in [0.15, 0.2) is 29.3 Å². The molecule has 16 nitrogen and oxygen atoms in total. The Kier molecular flexibility index (Phi) is 11.0. The molecule has 0 spiro atoms. The van der Waals surface area contributed by atoms with Gasteiger partial charge in [-0.15, -0.1) is 0 Å². The second-order valence-electron chi connectivity index (χ2n) is 11.4. The Morgan fingerprint density at radius 3 is 2.50 bits per heavy atom. The molecule has 4 heterocycles. The number of ether oxygens (including phenoxy) is 3. The van der Waals surface area contributed by atoms with Crippen molar-refractivity contribution in [1.29, 1.82) is 0 Å². The highest BCUT2D eigenvalue weighted by Gasteiger charge is 2.37. The number of rotatable bonds is 12. The first-order valence-electron chi connectivity index (χ1n) is 15.2. The van der Waals surface area contributed by atoms with Crippen molar-refractivity contribution in [2.45, 2.75) is 38.3 Å². The number of piperidine rings is 1. The number of amides is 5. The Hall–Kier alpha value is -4.52. The fourth-order valence-corrected chi connectivity index (χ4v) is 6.31. The van der Waals surface area contributed by atoms with Crippen LogP contribution >= 0.6 is 22.9 Å². The Morgan fingerprint density at radius 1 is 1.10 bits per heavy atom. The average Bonchev–Trinajstić information content (AvgIpc) is 3.57. The van der Waals surface area contributed by atoms with Crippen LogP contribution in [0.3, 0.4) is 0 Å². The van der Waals surface area contributed by atoms with Crippen molar-refractivity contribution in [3.63, 3.8) is 0 Å². The number of nitrogens with zero attached hydrogens (tertiary/aromatic N) is 5. The molecule has 0 bridgehead atoms. The maximum absolute atomic E-state index is 12.8. The first kappa shape index (κ1) is 34.8. The van der Waals surface area contributed by atoms with Crippen molar-refractivity contribution in [2.24, 2.45) is 7.05 Å². The molecule has 2 fully saturated rings. The van der Waals surface area contributed by atoms with E-state index in [2.05, 4.69) is 15.5 Å². The van der Waals surface area contributed by atoms with Gasteiger partial charge in [-0.05, 0) is 30.5 Å². The van der Waals surface area contributed by atoms with Gasteiger partial charge in [0.1, 0.15) is 29.7 Å². The first-order valence-corrected chi connectivity index (χ1v) is 16.2. The second-order valence-corrected chi connectivity index (χ2v) is 12.6. The van der Waals surface area contributed by atoms with Crippen molar-refractivity contribution in [3.8, 4) is 22.6 Å². The molecule has 1 unspecified atom stereocenters. The summed E-state index contributed by atoms with van der Waals surface area (Å²) in [4.78, 5) is 77.2. The number of piperazine rings is 1. The quantitative estimate of drug-likeness (QED) is 0.152. The van der Waals surface area contributed by atoms with Gasteiger partial charge < -0.3 is 28.6 Å². The summed E-state index contributed by atoms with van der Waals surface area (Å²) >= 11 is 1.88. The molecule has 2 aliphatic rings.